The summed E-state index contributed by atoms with van der Waals surface area (Å²) in [7, 11) is 0. The Kier molecular flexibility index (Phi) is 7.87. The third-order valence-electron chi connectivity index (χ3n) is 6.76. The molecule has 0 bridgehead atoms. The number of benzene rings is 1. The van der Waals surface area contributed by atoms with Gasteiger partial charge in [0.2, 0.25) is 0 Å². The average Bonchev–Trinajstić information content (AvgIpc) is 2.72. The molecular formula is C26H33F3. The highest BCUT2D eigenvalue weighted by molar-refractivity contribution is 5.28. The summed E-state index contributed by atoms with van der Waals surface area (Å²) in [4.78, 5) is 0. The predicted molar refractivity (Wildman–Crippen MR) is 113 cm³/mol. The third-order valence-corrected chi connectivity index (χ3v) is 6.76. The van der Waals surface area contributed by atoms with E-state index in [-0.39, 0.29) is 0 Å². The van der Waals surface area contributed by atoms with Crippen LogP contribution in [0.2, 0.25) is 0 Å². The van der Waals surface area contributed by atoms with E-state index in [1.165, 1.54) is 50.7 Å². The molecule has 2 fully saturated rings. The molecule has 0 saturated heterocycles. The van der Waals surface area contributed by atoms with Gasteiger partial charge in [0.25, 0.3) is 0 Å². The molecule has 0 radical (unpaired) electrons. The van der Waals surface area contributed by atoms with Crippen LogP contribution in [-0.2, 0) is 6.18 Å². The molecule has 1 aromatic carbocycles. The van der Waals surface area contributed by atoms with Crippen LogP contribution in [0.15, 0.2) is 36.4 Å². The Morgan fingerprint density at radius 1 is 0.931 bits per heavy atom. The minimum Gasteiger partial charge on any atom is -0.166 e. The zero-order valence-electron chi connectivity index (χ0n) is 17.5. The van der Waals surface area contributed by atoms with Gasteiger partial charge < -0.3 is 0 Å². The van der Waals surface area contributed by atoms with Crippen molar-refractivity contribution < 1.29 is 13.2 Å². The van der Waals surface area contributed by atoms with Crippen molar-refractivity contribution in [3.63, 3.8) is 0 Å². The second-order valence-electron chi connectivity index (χ2n) is 8.89. The first-order chi connectivity index (χ1) is 14.0. The number of hydrogen-bond acceptors (Lipinski definition) is 0. The van der Waals surface area contributed by atoms with Crippen molar-refractivity contribution in [2.24, 2.45) is 17.8 Å². The second kappa shape index (κ2) is 10.4. The summed E-state index contributed by atoms with van der Waals surface area (Å²) in [6.07, 6.45) is 12.2. The zero-order valence-corrected chi connectivity index (χ0v) is 17.5. The Hall–Kier alpha value is -1.69. The van der Waals surface area contributed by atoms with E-state index in [4.69, 9.17) is 0 Å². The van der Waals surface area contributed by atoms with Crippen molar-refractivity contribution in [1.82, 2.24) is 0 Å². The first-order valence-electron chi connectivity index (χ1n) is 11.3. The topological polar surface area (TPSA) is 0 Å². The van der Waals surface area contributed by atoms with Crippen LogP contribution >= 0.6 is 0 Å². The molecule has 0 atom stereocenters. The monoisotopic (exact) mass is 402 g/mol. The number of hydrogen-bond donors (Lipinski definition) is 0. The summed E-state index contributed by atoms with van der Waals surface area (Å²) in [5.74, 6) is 9.10. The van der Waals surface area contributed by atoms with Crippen LogP contribution in [0.5, 0.6) is 0 Å². The first-order valence-corrected chi connectivity index (χ1v) is 11.3. The fraction of sp³-hybridized carbons (Fsp3) is 0.615. The van der Waals surface area contributed by atoms with Gasteiger partial charge in [-0.25, -0.2) is 0 Å². The predicted octanol–water partition coefficient (Wildman–Crippen LogP) is 8.15. The maximum absolute atomic E-state index is 12.7. The number of alkyl halides is 3. The molecule has 0 amide bonds. The van der Waals surface area contributed by atoms with Crippen LogP contribution in [0.1, 0.15) is 88.2 Å². The summed E-state index contributed by atoms with van der Waals surface area (Å²) < 4.78 is 38.1. The van der Waals surface area contributed by atoms with E-state index in [9.17, 15) is 13.2 Å². The molecule has 2 saturated carbocycles. The fourth-order valence-electron chi connectivity index (χ4n) is 4.94. The molecule has 0 aliphatic heterocycles. The van der Waals surface area contributed by atoms with Crippen molar-refractivity contribution in [2.75, 3.05) is 0 Å². The summed E-state index contributed by atoms with van der Waals surface area (Å²) >= 11 is 0. The first kappa shape index (κ1) is 22.0. The van der Waals surface area contributed by atoms with Gasteiger partial charge in [-0.05, 0) is 92.9 Å². The molecule has 29 heavy (non-hydrogen) atoms. The summed E-state index contributed by atoms with van der Waals surface area (Å²) in [6, 6.07) is 5.72. The largest absolute Gasteiger partial charge is 0.416 e. The van der Waals surface area contributed by atoms with Gasteiger partial charge in [0.05, 0.1) is 5.56 Å². The molecule has 0 heterocycles. The van der Waals surface area contributed by atoms with Crippen molar-refractivity contribution in [3.8, 4) is 11.8 Å². The standard InChI is InChI=1S/C26H33F3/c1-2-5-20-8-10-21(11-9-20)6-3-4-7-22-12-14-23(15-13-22)24-16-18-25(19-17-24)26(27,28)29/h3,6,16-23H,2,5,8-15H2,1H3/b6-3+/t20-,21-,22-,23-. The van der Waals surface area contributed by atoms with Gasteiger partial charge in [-0.2, -0.15) is 13.2 Å². The molecule has 0 nitrogen and oxygen atoms in total. The minimum atomic E-state index is -4.26. The molecular weight excluding hydrogens is 369 g/mol. The van der Waals surface area contributed by atoms with E-state index >= 15 is 0 Å². The van der Waals surface area contributed by atoms with Crippen LogP contribution in [0, 0.1) is 29.6 Å². The SMILES string of the molecule is CCC[C@H]1CC[C@H](/C=C/C#C[C@H]2CC[C@H](c3ccc(C(F)(F)F)cc3)CC2)CC1. The van der Waals surface area contributed by atoms with Crippen LogP contribution in [0.4, 0.5) is 13.2 Å². The van der Waals surface area contributed by atoms with E-state index in [1.54, 1.807) is 12.1 Å². The van der Waals surface area contributed by atoms with Gasteiger partial charge in [0.1, 0.15) is 0 Å². The molecule has 158 valence electrons. The third kappa shape index (κ3) is 6.66. The van der Waals surface area contributed by atoms with Gasteiger partial charge in [-0.1, -0.05) is 49.8 Å². The Morgan fingerprint density at radius 2 is 1.59 bits per heavy atom. The molecule has 0 spiro atoms. The molecule has 0 N–H and O–H groups in total. The lowest BCUT2D eigenvalue weighted by atomic mass is 9.79. The smallest absolute Gasteiger partial charge is 0.166 e. The lowest BCUT2D eigenvalue weighted by molar-refractivity contribution is -0.137. The second-order valence-corrected chi connectivity index (χ2v) is 8.89. The number of rotatable bonds is 4. The van der Waals surface area contributed by atoms with E-state index in [2.05, 4.69) is 30.9 Å². The quantitative estimate of drug-likeness (QED) is 0.446. The number of halogens is 3. The van der Waals surface area contributed by atoms with E-state index in [0.717, 1.165) is 37.2 Å². The van der Waals surface area contributed by atoms with E-state index in [1.807, 2.05) is 0 Å². The molecule has 0 aromatic heterocycles. The molecule has 2 aliphatic rings. The zero-order chi connectivity index (χ0) is 20.7. The van der Waals surface area contributed by atoms with Crippen LogP contribution in [-0.4, -0.2) is 0 Å². The highest BCUT2D eigenvalue weighted by Crippen LogP contribution is 2.37. The fourth-order valence-corrected chi connectivity index (χ4v) is 4.94. The van der Waals surface area contributed by atoms with Crippen molar-refractivity contribution in [2.45, 2.75) is 83.2 Å². The summed E-state index contributed by atoms with van der Waals surface area (Å²) in [5, 5.41) is 0. The number of allylic oxidation sites excluding steroid dienone is 2. The highest BCUT2D eigenvalue weighted by atomic mass is 19.4. The van der Waals surface area contributed by atoms with Crippen LogP contribution in [0.3, 0.4) is 0 Å². The normalized spacial score (nSPS) is 28.1. The Labute approximate surface area is 174 Å². The molecule has 2 aliphatic carbocycles. The molecule has 3 rings (SSSR count). The van der Waals surface area contributed by atoms with Gasteiger partial charge >= 0.3 is 6.18 Å². The van der Waals surface area contributed by atoms with Crippen molar-refractivity contribution >= 4 is 0 Å². The Morgan fingerprint density at radius 3 is 2.17 bits per heavy atom. The minimum absolute atomic E-state index is 0.365. The van der Waals surface area contributed by atoms with E-state index in [0.29, 0.717) is 17.8 Å². The Bertz CT molecular complexity index is 701. The Balaban J connectivity index is 1.41. The maximum Gasteiger partial charge on any atom is 0.416 e. The lowest BCUT2D eigenvalue weighted by Gasteiger charge is -2.26. The van der Waals surface area contributed by atoms with Crippen LogP contribution < -0.4 is 0 Å². The molecule has 0 unspecified atom stereocenters. The van der Waals surface area contributed by atoms with Crippen LogP contribution in [0.25, 0.3) is 0 Å². The van der Waals surface area contributed by atoms with Gasteiger partial charge in [-0.15, -0.1) is 0 Å². The maximum atomic E-state index is 12.7. The van der Waals surface area contributed by atoms with Crippen molar-refractivity contribution in [3.05, 3.63) is 47.5 Å². The lowest BCUT2D eigenvalue weighted by Crippen LogP contribution is -2.13. The van der Waals surface area contributed by atoms with Gasteiger partial charge in [0.15, 0.2) is 0 Å². The highest BCUT2D eigenvalue weighted by Gasteiger charge is 2.30. The molecule has 1 aromatic rings. The van der Waals surface area contributed by atoms with E-state index < -0.39 is 11.7 Å². The molecule has 3 heteroatoms. The van der Waals surface area contributed by atoms with Gasteiger partial charge in [-0.3, -0.25) is 0 Å². The van der Waals surface area contributed by atoms with Crippen molar-refractivity contribution in [1.29, 1.82) is 0 Å². The summed E-state index contributed by atoms with van der Waals surface area (Å²) in [5.41, 5.74) is 0.467. The van der Waals surface area contributed by atoms with Gasteiger partial charge in [0, 0.05) is 5.92 Å². The summed E-state index contributed by atoms with van der Waals surface area (Å²) in [6.45, 7) is 2.28. The average molecular weight is 403 g/mol.